The third-order valence-corrected chi connectivity index (χ3v) is 4.75. The SMILES string of the molecule is CN=C(NCCc1cc(F)ccc1F)NCC(C)(C)CCS(C)(=O)=O. The molecule has 0 amide bonds. The van der Waals surface area contributed by atoms with Crippen LogP contribution in [0.15, 0.2) is 23.2 Å². The Labute approximate surface area is 148 Å². The van der Waals surface area contributed by atoms with Crippen molar-refractivity contribution in [2.45, 2.75) is 26.7 Å². The highest BCUT2D eigenvalue weighted by molar-refractivity contribution is 7.90. The minimum Gasteiger partial charge on any atom is -0.356 e. The summed E-state index contributed by atoms with van der Waals surface area (Å²) in [7, 11) is -1.38. The molecule has 0 aliphatic carbocycles. The van der Waals surface area contributed by atoms with Crippen molar-refractivity contribution in [1.82, 2.24) is 10.6 Å². The molecule has 0 saturated carbocycles. The van der Waals surface area contributed by atoms with Gasteiger partial charge in [0, 0.05) is 26.4 Å². The Balaban J connectivity index is 2.45. The normalized spacial score (nSPS) is 13.0. The van der Waals surface area contributed by atoms with E-state index < -0.39 is 21.5 Å². The molecule has 1 rings (SSSR count). The van der Waals surface area contributed by atoms with Crippen LogP contribution in [0.25, 0.3) is 0 Å². The summed E-state index contributed by atoms with van der Waals surface area (Å²) < 4.78 is 49.3. The van der Waals surface area contributed by atoms with Crippen molar-refractivity contribution in [1.29, 1.82) is 0 Å². The Kier molecular flexibility index (Phi) is 7.79. The molecule has 1 aromatic rings. The van der Waals surface area contributed by atoms with Crippen LogP contribution in [0, 0.1) is 17.0 Å². The highest BCUT2D eigenvalue weighted by Gasteiger charge is 2.20. The fourth-order valence-electron chi connectivity index (χ4n) is 2.14. The molecule has 5 nitrogen and oxygen atoms in total. The van der Waals surface area contributed by atoms with E-state index >= 15 is 0 Å². The summed E-state index contributed by atoms with van der Waals surface area (Å²) in [5.41, 5.74) is 0.0754. The first-order chi connectivity index (χ1) is 11.5. The van der Waals surface area contributed by atoms with Gasteiger partial charge in [-0.1, -0.05) is 13.8 Å². The summed E-state index contributed by atoms with van der Waals surface area (Å²) in [4.78, 5) is 4.08. The molecular formula is C17H27F2N3O2S. The van der Waals surface area contributed by atoms with Crippen LogP contribution in [0.2, 0.25) is 0 Å². The van der Waals surface area contributed by atoms with Crippen LogP contribution in [-0.4, -0.2) is 46.5 Å². The van der Waals surface area contributed by atoms with Crippen LogP contribution >= 0.6 is 0 Å². The van der Waals surface area contributed by atoms with Crippen molar-refractivity contribution in [2.24, 2.45) is 10.4 Å². The van der Waals surface area contributed by atoms with Gasteiger partial charge in [-0.05, 0) is 42.0 Å². The van der Waals surface area contributed by atoms with Gasteiger partial charge in [0.1, 0.15) is 21.5 Å². The first-order valence-corrected chi connectivity index (χ1v) is 10.1. The molecule has 142 valence electrons. The molecule has 0 radical (unpaired) electrons. The summed E-state index contributed by atoms with van der Waals surface area (Å²) in [6.07, 6.45) is 2.08. The number of benzene rings is 1. The predicted molar refractivity (Wildman–Crippen MR) is 97.5 cm³/mol. The van der Waals surface area contributed by atoms with Crippen molar-refractivity contribution >= 4 is 15.8 Å². The Morgan fingerprint density at radius 1 is 1.24 bits per heavy atom. The minimum atomic E-state index is -2.99. The van der Waals surface area contributed by atoms with E-state index in [-0.39, 0.29) is 11.2 Å². The molecule has 0 aromatic heterocycles. The van der Waals surface area contributed by atoms with Gasteiger partial charge in [0.2, 0.25) is 0 Å². The number of nitrogens with one attached hydrogen (secondary N) is 2. The van der Waals surface area contributed by atoms with Gasteiger partial charge in [-0.15, -0.1) is 0 Å². The average molecular weight is 375 g/mol. The molecule has 0 spiro atoms. The summed E-state index contributed by atoms with van der Waals surface area (Å²) >= 11 is 0. The summed E-state index contributed by atoms with van der Waals surface area (Å²) in [6.45, 7) is 4.88. The van der Waals surface area contributed by atoms with Gasteiger partial charge >= 0.3 is 0 Å². The second-order valence-corrected chi connectivity index (χ2v) is 9.14. The highest BCUT2D eigenvalue weighted by atomic mass is 32.2. The number of nitrogens with zero attached hydrogens (tertiary/aromatic N) is 1. The fraction of sp³-hybridized carbons (Fsp3) is 0.588. The molecule has 0 bridgehead atoms. The zero-order chi connectivity index (χ0) is 19.1. The summed E-state index contributed by atoms with van der Waals surface area (Å²) in [5.74, 6) is -0.240. The van der Waals surface area contributed by atoms with Gasteiger partial charge in [-0.25, -0.2) is 17.2 Å². The van der Waals surface area contributed by atoms with E-state index in [0.29, 0.717) is 37.5 Å². The topological polar surface area (TPSA) is 70.6 Å². The van der Waals surface area contributed by atoms with Gasteiger partial charge in [-0.3, -0.25) is 4.99 Å². The molecule has 25 heavy (non-hydrogen) atoms. The Morgan fingerprint density at radius 2 is 1.92 bits per heavy atom. The monoisotopic (exact) mass is 375 g/mol. The van der Waals surface area contributed by atoms with Crippen LogP contribution < -0.4 is 10.6 Å². The Bertz CT molecular complexity index is 704. The molecule has 0 saturated heterocycles. The lowest BCUT2D eigenvalue weighted by atomic mass is 9.90. The molecule has 0 heterocycles. The zero-order valence-electron chi connectivity index (χ0n) is 15.2. The van der Waals surface area contributed by atoms with E-state index in [1.165, 1.54) is 12.3 Å². The molecule has 0 unspecified atom stereocenters. The lowest BCUT2D eigenvalue weighted by Crippen LogP contribution is -2.43. The van der Waals surface area contributed by atoms with E-state index in [1.54, 1.807) is 7.05 Å². The maximum Gasteiger partial charge on any atom is 0.191 e. The van der Waals surface area contributed by atoms with Crippen molar-refractivity contribution in [3.05, 3.63) is 35.4 Å². The largest absolute Gasteiger partial charge is 0.356 e. The number of hydrogen-bond acceptors (Lipinski definition) is 3. The number of aliphatic imine (C=N–C) groups is 1. The molecule has 2 N–H and O–H groups in total. The van der Waals surface area contributed by atoms with Gasteiger partial charge in [0.05, 0.1) is 5.75 Å². The fourth-order valence-corrected chi connectivity index (χ4v) is 3.07. The number of hydrogen-bond donors (Lipinski definition) is 2. The van der Waals surface area contributed by atoms with Gasteiger partial charge < -0.3 is 10.6 Å². The van der Waals surface area contributed by atoms with Crippen LogP contribution in [0.5, 0.6) is 0 Å². The van der Waals surface area contributed by atoms with E-state index in [4.69, 9.17) is 0 Å². The van der Waals surface area contributed by atoms with E-state index in [9.17, 15) is 17.2 Å². The van der Waals surface area contributed by atoms with Gasteiger partial charge in [0.25, 0.3) is 0 Å². The Morgan fingerprint density at radius 3 is 2.52 bits per heavy atom. The van der Waals surface area contributed by atoms with Gasteiger partial charge in [-0.2, -0.15) is 0 Å². The molecular weight excluding hydrogens is 348 g/mol. The van der Waals surface area contributed by atoms with E-state index in [1.807, 2.05) is 13.8 Å². The average Bonchev–Trinajstić information content (AvgIpc) is 2.51. The molecule has 0 atom stereocenters. The first kappa shape index (κ1) is 21.3. The minimum absolute atomic E-state index is 0.132. The molecule has 0 aliphatic heterocycles. The molecule has 0 fully saturated rings. The third-order valence-electron chi connectivity index (χ3n) is 3.80. The van der Waals surface area contributed by atoms with E-state index in [0.717, 1.165) is 12.1 Å². The maximum atomic E-state index is 13.6. The smallest absolute Gasteiger partial charge is 0.191 e. The first-order valence-electron chi connectivity index (χ1n) is 8.08. The zero-order valence-corrected chi connectivity index (χ0v) is 16.0. The third kappa shape index (κ3) is 8.81. The van der Waals surface area contributed by atoms with Gasteiger partial charge in [0.15, 0.2) is 5.96 Å². The maximum absolute atomic E-state index is 13.6. The Hall–Kier alpha value is -1.70. The van der Waals surface area contributed by atoms with Crippen LogP contribution in [0.1, 0.15) is 25.8 Å². The van der Waals surface area contributed by atoms with E-state index in [2.05, 4.69) is 15.6 Å². The predicted octanol–water partition coefficient (Wildman–Crippen LogP) is 2.13. The lowest BCUT2D eigenvalue weighted by molar-refractivity contribution is 0.348. The second kappa shape index (κ2) is 9.12. The van der Waals surface area contributed by atoms with Crippen LogP contribution in [-0.2, 0) is 16.3 Å². The van der Waals surface area contributed by atoms with Crippen molar-refractivity contribution in [3.8, 4) is 0 Å². The van der Waals surface area contributed by atoms with Crippen LogP contribution in [0.3, 0.4) is 0 Å². The highest BCUT2D eigenvalue weighted by Crippen LogP contribution is 2.19. The lowest BCUT2D eigenvalue weighted by Gasteiger charge is -2.25. The quantitative estimate of drug-likeness (QED) is 0.539. The van der Waals surface area contributed by atoms with Crippen molar-refractivity contribution < 1.29 is 17.2 Å². The number of sulfone groups is 1. The molecule has 8 heteroatoms. The standard InChI is InChI=1S/C17H27F2N3O2S/c1-17(2,8-10-25(4,23)24)12-22-16(20-3)21-9-7-13-11-14(18)5-6-15(13)19/h5-6,11H,7-10,12H2,1-4H3,(H2,20,21,22). The summed E-state index contributed by atoms with van der Waals surface area (Å²) in [5, 5.41) is 6.18. The second-order valence-electron chi connectivity index (χ2n) is 6.88. The number of guanidine groups is 1. The summed E-state index contributed by atoms with van der Waals surface area (Å²) in [6, 6.07) is 3.38. The van der Waals surface area contributed by atoms with Crippen molar-refractivity contribution in [2.75, 3.05) is 32.1 Å². The van der Waals surface area contributed by atoms with Crippen molar-refractivity contribution in [3.63, 3.8) is 0 Å². The number of halogens is 2. The molecule has 0 aliphatic rings. The van der Waals surface area contributed by atoms with Crippen LogP contribution in [0.4, 0.5) is 8.78 Å². The molecule has 1 aromatic carbocycles. The number of rotatable bonds is 8.